The van der Waals surface area contributed by atoms with Crippen molar-refractivity contribution in [2.24, 2.45) is 0 Å². The van der Waals surface area contributed by atoms with Gasteiger partial charge >= 0.3 is 0 Å². The van der Waals surface area contributed by atoms with Crippen molar-refractivity contribution in [3.63, 3.8) is 0 Å². The highest BCUT2D eigenvalue weighted by atomic mass is 19.1. The monoisotopic (exact) mass is 483 g/mol. The third kappa shape index (κ3) is 3.86. The van der Waals surface area contributed by atoms with Crippen molar-refractivity contribution < 1.29 is 13.5 Å². The molecule has 0 aromatic carbocycles. The van der Waals surface area contributed by atoms with Gasteiger partial charge in [-0.15, -0.1) is 5.10 Å². The summed E-state index contributed by atoms with van der Waals surface area (Å²) in [6, 6.07) is 5.51. The van der Waals surface area contributed by atoms with Crippen molar-refractivity contribution in [2.45, 2.75) is 38.1 Å². The number of fused-ring (bicyclic) bond motifs is 2. The van der Waals surface area contributed by atoms with Gasteiger partial charge in [0.15, 0.2) is 11.5 Å². The van der Waals surface area contributed by atoms with E-state index in [1.54, 1.807) is 15.3 Å². The molecule has 35 heavy (non-hydrogen) atoms. The van der Waals surface area contributed by atoms with Gasteiger partial charge in [-0.25, -0.2) is 23.3 Å². The van der Waals surface area contributed by atoms with Gasteiger partial charge in [0, 0.05) is 24.8 Å². The Labute approximate surface area is 200 Å². The molecule has 4 aromatic rings. The number of nitrogens with one attached hydrogen (secondary N) is 1. The smallest absolute Gasteiger partial charge is 0.243 e. The van der Waals surface area contributed by atoms with Gasteiger partial charge in [-0.2, -0.15) is 4.98 Å². The lowest BCUT2D eigenvalue weighted by molar-refractivity contribution is -0.0794. The van der Waals surface area contributed by atoms with Crippen molar-refractivity contribution in [1.82, 2.24) is 34.0 Å². The van der Waals surface area contributed by atoms with Crippen LogP contribution in [0, 0.1) is 6.92 Å². The molecule has 0 radical (unpaired) electrons. The van der Waals surface area contributed by atoms with Crippen LogP contribution in [0.4, 0.5) is 20.5 Å². The van der Waals surface area contributed by atoms with Crippen LogP contribution in [0.5, 0.6) is 0 Å². The molecular formula is C23H27F2N9O. The highest BCUT2D eigenvalue weighted by molar-refractivity contribution is 5.88. The number of alkyl halides is 2. The zero-order valence-electron chi connectivity index (χ0n) is 19.4. The van der Waals surface area contributed by atoms with Crippen LogP contribution in [-0.4, -0.2) is 85.3 Å². The molecule has 0 amide bonds. The van der Waals surface area contributed by atoms with Crippen LogP contribution in [0.15, 0.2) is 24.4 Å². The zero-order chi connectivity index (χ0) is 24.1. The first-order valence-corrected chi connectivity index (χ1v) is 11.8. The van der Waals surface area contributed by atoms with E-state index in [1.165, 1.54) is 0 Å². The Morgan fingerprint density at radius 1 is 1.20 bits per heavy atom. The molecule has 2 fully saturated rings. The number of aryl methyl sites for hydroxylation is 2. The number of aromatic nitrogens is 6. The number of pyridine rings is 1. The highest BCUT2D eigenvalue weighted by Gasteiger charge is 2.35. The number of nitrogens with two attached hydrogens (primary N) is 1. The molecule has 0 spiro atoms. The third-order valence-corrected chi connectivity index (χ3v) is 6.93. The second kappa shape index (κ2) is 8.68. The fourth-order valence-corrected chi connectivity index (χ4v) is 4.96. The minimum Gasteiger partial charge on any atom is -0.382 e. The van der Waals surface area contributed by atoms with Crippen LogP contribution in [0.3, 0.4) is 0 Å². The average molecular weight is 484 g/mol. The van der Waals surface area contributed by atoms with E-state index in [0.29, 0.717) is 60.4 Å². The largest absolute Gasteiger partial charge is 0.382 e. The first kappa shape index (κ1) is 22.1. The number of halogens is 2. The highest BCUT2D eigenvalue weighted by Crippen LogP contribution is 2.30. The number of ether oxygens (including phenoxy) is 1. The minimum atomic E-state index is -1.04. The molecule has 2 aliphatic heterocycles. The summed E-state index contributed by atoms with van der Waals surface area (Å²) in [6.07, 6.45) is 1.38. The summed E-state index contributed by atoms with van der Waals surface area (Å²) in [6.45, 7) is 4.04. The molecule has 6 rings (SSSR count). The number of hydrogen-bond donors (Lipinski definition) is 2. The second-order valence-corrected chi connectivity index (χ2v) is 9.12. The summed E-state index contributed by atoms with van der Waals surface area (Å²) in [5.41, 5.74) is 9.67. The van der Waals surface area contributed by atoms with Crippen LogP contribution in [0.1, 0.15) is 12.2 Å². The van der Waals surface area contributed by atoms with Gasteiger partial charge in [-0.05, 0) is 31.5 Å². The number of hydrogen-bond acceptors (Lipinski definition) is 8. The lowest BCUT2D eigenvalue weighted by Crippen LogP contribution is -2.57. The Kier molecular flexibility index (Phi) is 5.49. The molecule has 0 saturated carbocycles. The van der Waals surface area contributed by atoms with Gasteiger partial charge in [0.1, 0.15) is 29.7 Å². The number of anilines is 2. The molecule has 2 aliphatic rings. The van der Waals surface area contributed by atoms with Crippen molar-refractivity contribution >= 4 is 28.4 Å². The van der Waals surface area contributed by atoms with Gasteiger partial charge in [0.05, 0.1) is 37.5 Å². The van der Waals surface area contributed by atoms with E-state index in [-0.39, 0.29) is 24.4 Å². The quantitative estimate of drug-likeness (QED) is 0.430. The van der Waals surface area contributed by atoms with Gasteiger partial charge in [-0.1, -0.05) is 0 Å². The maximum atomic E-state index is 14.9. The topological polar surface area (TPSA) is 111 Å². The number of nitrogens with zero attached hydrogens (tertiary/aromatic N) is 7. The van der Waals surface area contributed by atoms with E-state index in [1.807, 2.05) is 25.1 Å². The van der Waals surface area contributed by atoms with E-state index in [2.05, 4.69) is 25.3 Å². The van der Waals surface area contributed by atoms with Crippen LogP contribution in [0.25, 0.3) is 27.9 Å². The Morgan fingerprint density at radius 3 is 2.80 bits per heavy atom. The van der Waals surface area contributed by atoms with Crippen molar-refractivity contribution in [3.8, 4) is 11.3 Å². The molecule has 12 heteroatoms. The third-order valence-electron chi connectivity index (χ3n) is 6.93. The summed E-state index contributed by atoms with van der Waals surface area (Å²) >= 11 is 0. The summed E-state index contributed by atoms with van der Waals surface area (Å²) in [7, 11) is 0. The number of rotatable bonds is 6. The van der Waals surface area contributed by atoms with E-state index >= 15 is 0 Å². The molecule has 2 saturated heterocycles. The summed E-state index contributed by atoms with van der Waals surface area (Å²) in [4.78, 5) is 15.8. The average Bonchev–Trinajstić information content (AvgIpc) is 3.36. The van der Waals surface area contributed by atoms with Gasteiger partial charge in [0.25, 0.3) is 0 Å². The van der Waals surface area contributed by atoms with Crippen molar-refractivity contribution in [2.75, 3.05) is 44.0 Å². The summed E-state index contributed by atoms with van der Waals surface area (Å²) in [5.74, 6) is 1.25. The fourth-order valence-electron chi connectivity index (χ4n) is 4.96. The lowest BCUT2D eigenvalue weighted by Gasteiger charge is -2.42. The van der Waals surface area contributed by atoms with Crippen LogP contribution < -0.4 is 11.1 Å². The minimum absolute atomic E-state index is 0.193. The molecule has 184 valence electrons. The number of imidazole rings is 1. The van der Waals surface area contributed by atoms with E-state index < -0.39 is 12.8 Å². The Balaban J connectivity index is 1.27. The summed E-state index contributed by atoms with van der Waals surface area (Å²) < 4.78 is 36.6. The number of nitrogen functional groups attached to an aromatic ring is 1. The van der Waals surface area contributed by atoms with Gasteiger partial charge < -0.3 is 20.4 Å². The number of likely N-dealkylation sites (tertiary alicyclic amines) is 1. The van der Waals surface area contributed by atoms with Gasteiger partial charge in [0.2, 0.25) is 5.95 Å². The fraction of sp³-hybridized carbons (Fsp3) is 0.478. The summed E-state index contributed by atoms with van der Waals surface area (Å²) in [5, 5.41) is 7.66. The van der Waals surface area contributed by atoms with Gasteiger partial charge in [-0.3, -0.25) is 4.90 Å². The molecule has 2 atom stereocenters. The molecule has 3 N–H and O–H groups in total. The molecule has 1 unspecified atom stereocenters. The van der Waals surface area contributed by atoms with Crippen molar-refractivity contribution in [1.29, 1.82) is 0 Å². The van der Waals surface area contributed by atoms with Crippen molar-refractivity contribution in [3.05, 3.63) is 30.2 Å². The molecular weight excluding hydrogens is 456 g/mol. The maximum absolute atomic E-state index is 14.9. The Bertz CT molecular complexity index is 1380. The predicted octanol–water partition coefficient (Wildman–Crippen LogP) is 2.22. The Morgan fingerprint density at radius 2 is 2.06 bits per heavy atom. The second-order valence-electron chi connectivity index (χ2n) is 9.12. The number of piperidine rings is 1. The van der Waals surface area contributed by atoms with Crippen LogP contribution >= 0.6 is 0 Å². The predicted molar refractivity (Wildman–Crippen MR) is 128 cm³/mol. The first-order chi connectivity index (χ1) is 17.0. The standard InChI is InChI=1S/C23H27F2N9O/c1-13-27-19-3-2-17(28-22(19)33(13)9-6-24)15-4-8-34-20(15)21(26)30-23(31-34)29-18-5-7-32(10-16(18)25)14-11-35-12-14/h2-4,8,14,16,18H,5-7,9-12H2,1H3,(H3,26,29,30,31)/t16-,18?/m0/s1. The SMILES string of the molecule is Cc1nc2ccc(-c3ccn4nc(NC5CCN(C6COC6)C[C@@H]5F)nc(N)c34)nc2n1CCF. The molecule has 10 nitrogen and oxygen atoms in total. The van der Waals surface area contributed by atoms with E-state index in [9.17, 15) is 8.78 Å². The van der Waals surface area contributed by atoms with E-state index in [0.717, 1.165) is 12.1 Å². The normalized spacial score (nSPS) is 21.6. The molecule has 0 aliphatic carbocycles. The zero-order valence-corrected chi connectivity index (χ0v) is 19.4. The van der Waals surface area contributed by atoms with E-state index in [4.69, 9.17) is 15.5 Å². The molecule has 6 heterocycles. The van der Waals surface area contributed by atoms with Crippen LogP contribution in [-0.2, 0) is 11.3 Å². The first-order valence-electron chi connectivity index (χ1n) is 11.8. The molecule has 0 bridgehead atoms. The lowest BCUT2D eigenvalue weighted by atomic mass is 10.0. The maximum Gasteiger partial charge on any atom is 0.243 e. The molecule has 4 aromatic heterocycles. The van der Waals surface area contributed by atoms with Crippen LogP contribution in [0.2, 0.25) is 0 Å². The Hall–Kier alpha value is -3.38.